The largest absolute Gasteiger partial charge is 0.317 e. The molecule has 0 amide bonds. The number of hydrogen-bond donors (Lipinski definition) is 1. The Hall–Kier alpha value is -1.68. The Morgan fingerprint density at radius 3 is 2.39 bits per heavy atom. The van der Waals surface area contributed by atoms with Gasteiger partial charge in [-0.25, -0.2) is 0 Å². The van der Waals surface area contributed by atoms with Crippen molar-refractivity contribution in [2.45, 2.75) is 19.3 Å². The number of aromatic nitrogens is 3. The minimum atomic E-state index is 0.833. The van der Waals surface area contributed by atoms with Gasteiger partial charge in [0.05, 0.1) is 18.1 Å². The van der Waals surface area contributed by atoms with Crippen LogP contribution in [0, 0.1) is 5.92 Å². The van der Waals surface area contributed by atoms with E-state index in [1.807, 2.05) is 0 Å². The molecule has 1 aromatic carbocycles. The maximum Gasteiger partial charge on any atom is 0.0856 e. The average Bonchev–Trinajstić information content (AvgIpc) is 2.95. The van der Waals surface area contributed by atoms with E-state index in [1.165, 1.54) is 37.9 Å². The van der Waals surface area contributed by atoms with Gasteiger partial charge >= 0.3 is 0 Å². The molecule has 0 saturated carbocycles. The van der Waals surface area contributed by atoms with Crippen molar-refractivity contribution in [2.75, 3.05) is 13.1 Å². The van der Waals surface area contributed by atoms with Crippen molar-refractivity contribution in [3.63, 3.8) is 0 Å². The zero-order chi connectivity index (χ0) is 12.2. The SMILES string of the molecule is c1cnn(-c2ccc(CC3CCNCC3)cc2)n1. The smallest absolute Gasteiger partial charge is 0.0856 e. The molecule has 18 heavy (non-hydrogen) atoms. The molecule has 4 nitrogen and oxygen atoms in total. The van der Waals surface area contributed by atoms with Crippen LogP contribution in [-0.2, 0) is 6.42 Å². The van der Waals surface area contributed by atoms with E-state index in [9.17, 15) is 0 Å². The quantitative estimate of drug-likeness (QED) is 0.892. The summed E-state index contributed by atoms with van der Waals surface area (Å²) in [6, 6.07) is 8.58. The topological polar surface area (TPSA) is 42.7 Å². The first-order chi connectivity index (χ1) is 8.92. The van der Waals surface area contributed by atoms with Crippen molar-refractivity contribution in [1.82, 2.24) is 20.3 Å². The van der Waals surface area contributed by atoms with Crippen molar-refractivity contribution >= 4 is 0 Å². The minimum Gasteiger partial charge on any atom is -0.317 e. The summed E-state index contributed by atoms with van der Waals surface area (Å²) < 4.78 is 0. The van der Waals surface area contributed by atoms with E-state index in [0.29, 0.717) is 0 Å². The molecule has 1 N–H and O–H groups in total. The lowest BCUT2D eigenvalue weighted by Crippen LogP contribution is -2.28. The molecule has 94 valence electrons. The highest BCUT2D eigenvalue weighted by Crippen LogP contribution is 2.18. The van der Waals surface area contributed by atoms with Crippen LogP contribution in [0.5, 0.6) is 0 Å². The molecule has 1 aliphatic heterocycles. The van der Waals surface area contributed by atoms with Crippen LogP contribution in [0.15, 0.2) is 36.7 Å². The molecular weight excluding hydrogens is 224 g/mol. The average molecular weight is 242 g/mol. The van der Waals surface area contributed by atoms with Crippen molar-refractivity contribution in [3.8, 4) is 5.69 Å². The lowest BCUT2D eigenvalue weighted by molar-refractivity contribution is 0.372. The molecule has 0 spiro atoms. The zero-order valence-electron chi connectivity index (χ0n) is 10.4. The maximum atomic E-state index is 4.13. The molecule has 3 rings (SSSR count). The van der Waals surface area contributed by atoms with E-state index < -0.39 is 0 Å². The molecule has 0 bridgehead atoms. The van der Waals surface area contributed by atoms with Gasteiger partial charge in [-0.1, -0.05) is 12.1 Å². The first-order valence-corrected chi connectivity index (χ1v) is 6.58. The third-order valence-electron chi connectivity index (χ3n) is 3.57. The molecule has 4 heteroatoms. The van der Waals surface area contributed by atoms with Crippen LogP contribution in [0.2, 0.25) is 0 Å². The second kappa shape index (κ2) is 5.31. The van der Waals surface area contributed by atoms with Gasteiger partial charge in [0.15, 0.2) is 0 Å². The standard InChI is InChI=1S/C14H18N4/c1-3-14(18-16-9-10-17-18)4-2-12(1)11-13-5-7-15-8-6-13/h1-4,9-10,13,15H,5-8,11H2. The van der Waals surface area contributed by atoms with E-state index in [1.54, 1.807) is 17.2 Å². The van der Waals surface area contributed by atoms with E-state index in [2.05, 4.69) is 39.8 Å². The molecule has 0 unspecified atom stereocenters. The fraction of sp³-hybridized carbons (Fsp3) is 0.429. The Labute approximate surface area is 107 Å². The minimum absolute atomic E-state index is 0.833. The maximum absolute atomic E-state index is 4.13. The number of benzene rings is 1. The Balaban J connectivity index is 1.67. The summed E-state index contributed by atoms with van der Waals surface area (Å²) in [4.78, 5) is 1.65. The lowest BCUT2D eigenvalue weighted by atomic mass is 9.91. The Morgan fingerprint density at radius 1 is 1.06 bits per heavy atom. The van der Waals surface area contributed by atoms with Gasteiger partial charge in [0.2, 0.25) is 0 Å². The van der Waals surface area contributed by atoms with E-state index in [4.69, 9.17) is 0 Å². The van der Waals surface area contributed by atoms with Crippen molar-refractivity contribution in [3.05, 3.63) is 42.2 Å². The molecule has 1 aliphatic rings. The first-order valence-electron chi connectivity index (χ1n) is 6.58. The highest BCUT2D eigenvalue weighted by Gasteiger charge is 2.13. The van der Waals surface area contributed by atoms with Gasteiger partial charge in [-0.05, 0) is 56.0 Å². The first kappa shape index (κ1) is 11.4. The van der Waals surface area contributed by atoms with Crippen LogP contribution in [0.1, 0.15) is 18.4 Å². The molecule has 1 saturated heterocycles. The highest BCUT2D eigenvalue weighted by molar-refractivity contribution is 5.32. The van der Waals surface area contributed by atoms with Crippen LogP contribution in [0.3, 0.4) is 0 Å². The highest BCUT2D eigenvalue weighted by atomic mass is 15.5. The number of rotatable bonds is 3. The molecule has 2 heterocycles. The Morgan fingerprint density at radius 2 is 1.72 bits per heavy atom. The summed E-state index contributed by atoms with van der Waals surface area (Å²) in [6.07, 6.45) is 7.17. The van der Waals surface area contributed by atoms with Gasteiger partial charge in [-0.15, -0.1) is 0 Å². The fourth-order valence-corrected chi connectivity index (χ4v) is 2.53. The monoisotopic (exact) mass is 242 g/mol. The van der Waals surface area contributed by atoms with Crippen LogP contribution in [0.4, 0.5) is 0 Å². The van der Waals surface area contributed by atoms with E-state index in [-0.39, 0.29) is 0 Å². The summed E-state index contributed by atoms with van der Waals surface area (Å²) >= 11 is 0. The third kappa shape index (κ3) is 2.59. The van der Waals surface area contributed by atoms with Crippen LogP contribution < -0.4 is 5.32 Å². The van der Waals surface area contributed by atoms with Crippen molar-refractivity contribution < 1.29 is 0 Å². The predicted octanol–water partition coefficient (Wildman–Crippen LogP) is 1.81. The van der Waals surface area contributed by atoms with Crippen LogP contribution >= 0.6 is 0 Å². The Kier molecular flexibility index (Phi) is 3.37. The van der Waals surface area contributed by atoms with Gasteiger partial charge in [0, 0.05) is 0 Å². The summed E-state index contributed by atoms with van der Waals surface area (Å²) in [5.74, 6) is 0.833. The molecule has 0 atom stereocenters. The number of piperidine rings is 1. The van der Waals surface area contributed by atoms with Gasteiger partial charge in [0.25, 0.3) is 0 Å². The molecule has 2 aromatic rings. The summed E-state index contributed by atoms with van der Waals surface area (Å²) in [7, 11) is 0. The molecular formula is C14H18N4. The van der Waals surface area contributed by atoms with E-state index in [0.717, 1.165) is 11.6 Å². The molecule has 1 aromatic heterocycles. The second-order valence-electron chi connectivity index (χ2n) is 4.88. The van der Waals surface area contributed by atoms with Gasteiger partial charge in [-0.3, -0.25) is 0 Å². The lowest BCUT2D eigenvalue weighted by Gasteiger charge is -2.22. The number of hydrogen-bond acceptors (Lipinski definition) is 3. The Bertz CT molecular complexity index is 469. The molecule has 0 radical (unpaired) electrons. The van der Waals surface area contributed by atoms with Crippen molar-refractivity contribution in [2.24, 2.45) is 5.92 Å². The normalized spacial score (nSPS) is 16.9. The zero-order valence-corrected chi connectivity index (χ0v) is 10.4. The summed E-state index contributed by atoms with van der Waals surface area (Å²) in [6.45, 7) is 2.33. The second-order valence-corrected chi connectivity index (χ2v) is 4.88. The number of nitrogens with zero attached hydrogens (tertiary/aromatic N) is 3. The summed E-state index contributed by atoms with van der Waals surface area (Å²) in [5.41, 5.74) is 2.44. The predicted molar refractivity (Wildman–Crippen MR) is 70.7 cm³/mol. The number of nitrogens with one attached hydrogen (secondary N) is 1. The van der Waals surface area contributed by atoms with Gasteiger partial charge in [-0.2, -0.15) is 15.0 Å². The van der Waals surface area contributed by atoms with Gasteiger partial charge in [0.1, 0.15) is 0 Å². The van der Waals surface area contributed by atoms with E-state index >= 15 is 0 Å². The fourth-order valence-electron chi connectivity index (χ4n) is 2.53. The third-order valence-corrected chi connectivity index (χ3v) is 3.57. The summed E-state index contributed by atoms with van der Waals surface area (Å²) in [5, 5.41) is 11.7. The van der Waals surface area contributed by atoms with Crippen molar-refractivity contribution in [1.29, 1.82) is 0 Å². The van der Waals surface area contributed by atoms with Gasteiger partial charge < -0.3 is 5.32 Å². The molecule has 0 aliphatic carbocycles. The molecule has 1 fully saturated rings. The van der Waals surface area contributed by atoms with Crippen LogP contribution in [-0.4, -0.2) is 28.1 Å². The van der Waals surface area contributed by atoms with Crippen LogP contribution in [0.25, 0.3) is 5.69 Å².